The lowest BCUT2D eigenvalue weighted by Gasteiger charge is -2.29. The van der Waals surface area contributed by atoms with Gasteiger partial charge in [0.1, 0.15) is 12.1 Å². The Kier molecular flexibility index (Phi) is 4.48. The number of hydrogen-bond donors (Lipinski definition) is 1. The summed E-state index contributed by atoms with van der Waals surface area (Å²) in [7, 11) is 0.551. The topological polar surface area (TPSA) is 106 Å². The number of nitrogens with zero attached hydrogens (tertiary/aromatic N) is 5. The van der Waals surface area contributed by atoms with Crippen molar-refractivity contribution < 1.29 is 8.42 Å². The van der Waals surface area contributed by atoms with E-state index in [-0.39, 0.29) is 5.25 Å². The molecule has 1 fully saturated rings. The quantitative estimate of drug-likeness (QED) is 0.876. The molecular formula is C15H24N6O2S. The number of sulfonamides is 1. The van der Waals surface area contributed by atoms with Gasteiger partial charge in [0.2, 0.25) is 10.0 Å². The smallest absolute Gasteiger partial charge is 0.254 e. The van der Waals surface area contributed by atoms with Crippen LogP contribution in [0.5, 0.6) is 0 Å². The SMILES string of the molecule is Cc1nc2ncnn2c(N(C)C)c1CC1CCC(S(N)(=O)=O)CC1. The van der Waals surface area contributed by atoms with E-state index in [1.165, 1.54) is 6.33 Å². The summed E-state index contributed by atoms with van der Waals surface area (Å²) in [4.78, 5) is 10.8. The van der Waals surface area contributed by atoms with Crippen LogP contribution in [0.15, 0.2) is 6.33 Å². The van der Waals surface area contributed by atoms with E-state index >= 15 is 0 Å². The molecule has 2 aromatic heterocycles. The molecule has 132 valence electrons. The second kappa shape index (κ2) is 6.29. The second-order valence-electron chi connectivity index (χ2n) is 6.80. The van der Waals surface area contributed by atoms with Crippen LogP contribution in [0.25, 0.3) is 5.78 Å². The summed E-state index contributed by atoms with van der Waals surface area (Å²) in [6, 6.07) is 0. The van der Waals surface area contributed by atoms with Crippen molar-refractivity contribution in [3.63, 3.8) is 0 Å². The van der Waals surface area contributed by atoms with Gasteiger partial charge >= 0.3 is 0 Å². The molecule has 0 aromatic carbocycles. The Labute approximate surface area is 142 Å². The lowest BCUT2D eigenvalue weighted by atomic mass is 9.84. The maximum absolute atomic E-state index is 11.5. The predicted molar refractivity (Wildman–Crippen MR) is 92.4 cm³/mol. The van der Waals surface area contributed by atoms with Crippen molar-refractivity contribution in [3.05, 3.63) is 17.6 Å². The van der Waals surface area contributed by atoms with E-state index in [1.54, 1.807) is 4.52 Å². The van der Waals surface area contributed by atoms with Gasteiger partial charge in [-0.1, -0.05) is 0 Å². The Balaban J connectivity index is 1.86. The molecule has 0 aliphatic heterocycles. The Morgan fingerprint density at radius 3 is 2.54 bits per heavy atom. The lowest BCUT2D eigenvalue weighted by molar-refractivity contribution is 0.354. The Morgan fingerprint density at radius 2 is 1.96 bits per heavy atom. The van der Waals surface area contributed by atoms with Crippen molar-refractivity contribution in [3.8, 4) is 0 Å². The first-order valence-corrected chi connectivity index (χ1v) is 9.76. The van der Waals surface area contributed by atoms with Crippen LogP contribution in [0.3, 0.4) is 0 Å². The summed E-state index contributed by atoms with van der Waals surface area (Å²) in [5.41, 5.74) is 2.10. The number of anilines is 1. The van der Waals surface area contributed by atoms with E-state index in [4.69, 9.17) is 5.14 Å². The van der Waals surface area contributed by atoms with E-state index in [2.05, 4.69) is 15.1 Å². The normalized spacial score (nSPS) is 22.0. The average molecular weight is 352 g/mol. The number of hydrogen-bond acceptors (Lipinski definition) is 6. The van der Waals surface area contributed by atoms with Gasteiger partial charge in [-0.15, -0.1) is 0 Å². The molecule has 9 heteroatoms. The van der Waals surface area contributed by atoms with Crippen LogP contribution in [0, 0.1) is 12.8 Å². The van der Waals surface area contributed by atoms with Crippen molar-refractivity contribution in [1.29, 1.82) is 0 Å². The van der Waals surface area contributed by atoms with Gasteiger partial charge < -0.3 is 4.90 Å². The Hall–Kier alpha value is -1.74. The summed E-state index contributed by atoms with van der Waals surface area (Å²) in [5.74, 6) is 2.02. The third-order valence-corrected chi connectivity index (χ3v) is 6.28. The van der Waals surface area contributed by atoms with Crippen LogP contribution in [-0.4, -0.2) is 47.3 Å². The van der Waals surface area contributed by atoms with E-state index in [9.17, 15) is 8.42 Å². The predicted octanol–water partition coefficient (Wildman–Crippen LogP) is 0.889. The summed E-state index contributed by atoms with van der Waals surface area (Å²) in [6.07, 6.45) is 5.37. The van der Waals surface area contributed by atoms with Crippen LogP contribution >= 0.6 is 0 Å². The zero-order chi connectivity index (χ0) is 17.5. The molecule has 0 amide bonds. The van der Waals surface area contributed by atoms with Crippen LogP contribution in [-0.2, 0) is 16.4 Å². The maximum Gasteiger partial charge on any atom is 0.254 e. The third-order valence-electron chi connectivity index (χ3n) is 4.88. The summed E-state index contributed by atoms with van der Waals surface area (Å²) in [5, 5.41) is 9.18. The molecule has 2 aromatic rings. The van der Waals surface area contributed by atoms with Gasteiger partial charge in [0.05, 0.1) is 5.25 Å². The first-order valence-electron chi connectivity index (χ1n) is 8.15. The van der Waals surface area contributed by atoms with Gasteiger partial charge in [-0.2, -0.15) is 14.6 Å². The molecule has 0 radical (unpaired) electrons. The molecule has 2 N–H and O–H groups in total. The minimum atomic E-state index is -3.42. The van der Waals surface area contributed by atoms with Crippen molar-refractivity contribution in [2.45, 2.75) is 44.3 Å². The number of nitrogens with two attached hydrogens (primary N) is 1. The molecule has 0 saturated heterocycles. The molecule has 0 atom stereocenters. The fourth-order valence-electron chi connectivity index (χ4n) is 3.62. The van der Waals surface area contributed by atoms with Crippen molar-refractivity contribution in [1.82, 2.24) is 19.6 Å². The van der Waals surface area contributed by atoms with Crippen molar-refractivity contribution >= 4 is 21.6 Å². The molecule has 1 saturated carbocycles. The highest BCUT2D eigenvalue weighted by atomic mass is 32.2. The average Bonchev–Trinajstić information content (AvgIpc) is 2.94. The van der Waals surface area contributed by atoms with Gasteiger partial charge in [-0.05, 0) is 44.9 Å². The number of fused-ring (bicyclic) bond motifs is 1. The van der Waals surface area contributed by atoms with Crippen LogP contribution in [0.2, 0.25) is 0 Å². The molecule has 0 unspecified atom stereocenters. The van der Waals surface area contributed by atoms with Gasteiger partial charge in [0.25, 0.3) is 5.78 Å². The molecule has 8 nitrogen and oxygen atoms in total. The zero-order valence-electron chi connectivity index (χ0n) is 14.3. The number of aromatic nitrogens is 4. The highest BCUT2D eigenvalue weighted by molar-refractivity contribution is 7.89. The molecule has 24 heavy (non-hydrogen) atoms. The van der Waals surface area contributed by atoms with Gasteiger partial charge in [0.15, 0.2) is 0 Å². The van der Waals surface area contributed by atoms with Crippen molar-refractivity contribution in [2.24, 2.45) is 11.1 Å². The minimum Gasteiger partial charge on any atom is -0.362 e. The molecule has 0 bridgehead atoms. The molecule has 2 heterocycles. The number of aryl methyl sites for hydroxylation is 1. The number of rotatable bonds is 4. The summed E-state index contributed by atoms with van der Waals surface area (Å²) < 4.78 is 24.8. The van der Waals surface area contributed by atoms with Crippen LogP contribution in [0.4, 0.5) is 5.82 Å². The Bertz CT molecular complexity index is 837. The fourth-order valence-corrected chi connectivity index (χ4v) is 4.55. The van der Waals surface area contributed by atoms with Gasteiger partial charge in [-0.25, -0.2) is 18.5 Å². The van der Waals surface area contributed by atoms with E-state index in [0.717, 1.165) is 36.3 Å². The van der Waals surface area contributed by atoms with E-state index in [0.29, 0.717) is 24.5 Å². The largest absolute Gasteiger partial charge is 0.362 e. The molecule has 3 rings (SSSR count). The summed E-state index contributed by atoms with van der Waals surface area (Å²) in [6.45, 7) is 1.99. The lowest BCUT2D eigenvalue weighted by Crippen LogP contribution is -2.33. The number of primary sulfonamides is 1. The molecule has 0 spiro atoms. The van der Waals surface area contributed by atoms with E-state index < -0.39 is 10.0 Å². The highest BCUT2D eigenvalue weighted by Crippen LogP contribution is 2.33. The Morgan fingerprint density at radius 1 is 1.29 bits per heavy atom. The monoisotopic (exact) mass is 352 g/mol. The standard InChI is InChI=1S/C15H24N6O2S/c1-10-13(8-11-4-6-12(7-5-11)24(16,22)23)14(20(2)3)21-15(19-10)17-9-18-21/h9,11-12H,4-8H2,1-3H3,(H2,16,22,23). The first-order chi connectivity index (χ1) is 11.3. The minimum absolute atomic E-state index is 0.390. The third kappa shape index (κ3) is 3.23. The van der Waals surface area contributed by atoms with Crippen LogP contribution in [0.1, 0.15) is 36.9 Å². The fraction of sp³-hybridized carbons (Fsp3) is 0.667. The highest BCUT2D eigenvalue weighted by Gasteiger charge is 2.29. The maximum atomic E-state index is 11.5. The van der Waals surface area contributed by atoms with Gasteiger partial charge in [0, 0.05) is 25.4 Å². The van der Waals surface area contributed by atoms with Crippen LogP contribution < -0.4 is 10.0 Å². The first kappa shape index (κ1) is 17.1. The molecular weight excluding hydrogens is 328 g/mol. The van der Waals surface area contributed by atoms with Gasteiger partial charge in [-0.3, -0.25) is 0 Å². The molecule has 1 aliphatic rings. The molecule has 1 aliphatic carbocycles. The summed E-state index contributed by atoms with van der Waals surface area (Å²) >= 11 is 0. The van der Waals surface area contributed by atoms with Crippen molar-refractivity contribution in [2.75, 3.05) is 19.0 Å². The second-order valence-corrected chi connectivity index (χ2v) is 8.65. The van der Waals surface area contributed by atoms with E-state index in [1.807, 2.05) is 25.9 Å². The zero-order valence-corrected chi connectivity index (χ0v) is 15.1.